The fourth-order valence-electron chi connectivity index (χ4n) is 1.46. The Morgan fingerprint density at radius 1 is 1.53 bits per heavy atom. The van der Waals surface area contributed by atoms with Gasteiger partial charge in [-0.25, -0.2) is 0 Å². The van der Waals surface area contributed by atoms with Gasteiger partial charge in [0.2, 0.25) is 0 Å². The Hall–Kier alpha value is -2.05. The van der Waals surface area contributed by atoms with E-state index in [2.05, 4.69) is 10.5 Å². The number of halogens is 1. The van der Waals surface area contributed by atoms with Gasteiger partial charge < -0.3 is 20.3 Å². The van der Waals surface area contributed by atoms with Crippen molar-refractivity contribution in [1.29, 1.82) is 0 Å². The molecule has 100 valence electrons. The van der Waals surface area contributed by atoms with Crippen LogP contribution in [-0.4, -0.2) is 18.2 Å². The van der Waals surface area contributed by atoms with Crippen LogP contribution in [0.1, 0.15) is 16.2 Å². The number of nitrogens with one attached hydrogen (secondary N) is 1. The predicted octanol–water partition coefficient (Wildman–Crippen LogP) is 2.31. The van der Waals surface area contributed by atoms with Gasteiger partial charge in [-0.3, -0.25) is 4.79 Å². The van der Waals surface area contributed by atoms with Crippen LogP contribution in [0.2, 0.25) is 5.02 Å². The maximum Gasteiger partial charge on any atom is 0.277 e. The van der Waals surface area contributed by atoms with Crippen LogP contribution in [0.5, 0.6) is 0 Å². The summed E-state index contributed by atoms with van der Waals surface area (Å²) in [5.74, 6) is 0.0323. The summed E-state index contributed by atoms with van der Waals surface area (Å²) in [6, 6.07) is 6.31. The molecular formula is C12H12ClN3O3. The van der Waals surface area contributed by atoms with Crippen molar-refractivity contribution in [3.8, 4) is 0 Å². The number of amides is 1. The summed E-state index contributed by atoms with van der Waals surface area (Å²) in [4.78, 5) is 11.9. The van der Waals surface area contributed by atoms with Crippen molar-refractivity contribution in [2.24, 2.45) is 0 Å². The van der Waals surface area contributed by atoms with Gasteiger partial charge in [0.05, 0.1) is 10.7 Å². The molecule has 1 aromatic heterocycles. The number of carbonyl (C=O) groups excluding carboxylic acids is 1. The van der Waals surface area contributed by atoms with Gasteiger partial charge in [0.25, 0.3) is 5.91 Å². The second-order valence-electron chi connectivity index (χ2n) is 3.80. The van der Waals surface area contributed by atoms with E-state index < -0.39 is 5.91 Å². The molecule has 2 rings (SSSR count). The van der Waals surface area contributed by atoms with Crippen molar-refractivity contribution in [1.82, 2.24) is 5.16 Å². The fraction of sp³-hybridized carbons (Fsp3) is 0.167. The predicted molar refractivity (Wildman–Crippen MR) is 71.0 cm³/mol. The monoisotopic (exact) mass is 281 g/mol. The lowest BCUT2D eigenvalue weighted by Crippen LogP contribution is -2.12. The number of hydrogen-bond acceptors (Lipinski definition) is 5. The second-order valence-corrected chi connectivity index (χ2v) is 4.21. The first kappa shape index (κ1) is 13.4. The summed E-state index contributed by atoms with van der Waals surface area (Å²) in [5, 5.41) is 6.64. The molecule has 6 nitrogen and oxygen atoms in total. The van der Waals surface area contributed by atoms with E-state index in [0.717, 1.165) is 0 Å². The van der Waals surface area contributed by atoms with Gasteiger partial charge in [-0.1, -0.05) is 16.8 Å². The number of ether oxygens (including phenoxy) is 1. The average Bonchev–Trinajstić information content (AvgIpc) is 2.83. The van der Waals surface area contributed by atoms with Crippen molar-refractivity contribution >= 4 is 28.9 Å². The van der Waals surface area contributed by atoms with Crippen LogP contribution in [0.3, 0.4) is 0 Å². The van der Waals surface area contributed by atoms with Gasteiger partial charge in [0.15, 0.2) is 11.5 Å². The van der Waals surface area contributed by atoms with E-state index >= 15 is 0 Å². The van der Waals surface area contributed by atoms with Crippen molar-refractivity contribution in [3.05, 3.63) is 40.7 Å². The van der Waals surface area contributed by atoms with Gasteiger partial charge in [-0.2, -0.15) is 0 Å². The molecule has 7 heteroatoms. The highest BCUT2D eigenvalue weighted by Gasteiger charge is 2.14. The highest BCUT2D eigenvalue weighted by Crippen LogP contribution is 2.24. The van der Waals surface area contributed by atoms with Crippen molar-refractivity contribution in [2.75, 3.05) is 18.2 Å². The molecule has 1 aromatic carbocycles. The average molecular weight is 282 g/mol. The Morgan fingerprint density at radius 3 is 3.05 bits per heavy atom. The fourth-order valence-corrected chi connectivity index (χ4v) is 1.62. The standard InChI is InChI=1S/C12H12ClN3O3/c1-18-6-8-5-11(16-19-8)12(17)15-10-4-7(14)2-3-9(10)13/h2-5H,6,14H2,1H3,(H,15,17). The lowest BCUT2D eigenvalue weighted by atomic mass is 10.2. The lowest BCUT2D eigenvalue weighted by Gasteiger charge is -2.05. The van der Waals surface area contributed by atoms with Crippen LogP contribution in [0.4, 0.5) is 11.4 Å². The number of nitrogen functional groups attached to an aromatic ring is 1. The van der Waals surface area contributed by atoms with Gasteiger partial charge >= 0.3 is 0 Å². The molecule has 0 unspecified atom stereocenters. The lowest BCUT2D eigenvalue weighted by molar-refractivity contribution is 0.101. The molecule has 3 N–H and O–H groups in total. The first-order chi connectivity index (χ1) is 9.10. The van der Waals surface area contributed by atoms with Crippen LogP contribution in [0, 0.1) is 0 Å². The molecule has 0 saturated heterocycles. The molecule has 0 bridgehead atoms. The smallest absolute Gasteiger partial charge is 0.277 e. The third kappa shape index (κ3) is 3.24. The molecule has 0 aliphatic heterocycles. The molecule has 0 atom stereocenters. The minimum Gasteiger partial charge on any atom is -0.399 e. The maximum atomic E-state index is 11.9. The number of nitrogens with two attached hydrogens (primary N) is 1. The number of anilines is 2. The Bertz CT molecular complexity index is 598. The zero-order valence-electron chi connectivity index (χ0n) is 10.1. The summed E-state index contributed by atoms with van der Waals surface area (Å²) in [6.07, 6.45) is 0. The SMILES string of the molecule is COCc1cc(C(=O)Nc2cc(N)ccc2Cl)no1. The summed E-state index contributed by atoms with van der Waals surface area (Å²) in [6.45, 7) is 0.249. The van der Waals surface area contributed by atoms with E-state index in [-0.39, 0.29) is 12.3 Å². The second kappa shape index (κ2) is 5.73. The first-order valence-electron chi connectivity index (χ1n) is 5.41. The van der Waals surface area contributed by atoms with Crippen LogP contribution >= 0.6 is 11.6 Å². The molecular weight excluding hydrogens is 270 g/mol. The molecule has 0 fully saturated rings. The van der Waals surface area contributed by atoms with E-state index in [9.17, 15) is 4.79 Å². The zero-order chi connectivity index (χ0) is 13.8. The number of nitrogens with zero attached hydrogens (tertiary/aromatic N) is 1. The van der Waals surface area contributed by atoms with Crippen LogP contribution in [-0.2, 0) is 11.3 Å². The number of methoxy groups -OCH3 is 1. The molecule has 0 saturated carbocycles. The third-order valence-corrected chi connectivity index (χ3v) is 2.65. The highest BCUT2D eigenvalue weighted by atomic mass is 35.5. The van der Waals surface area contributed by atoms with Crippen molar-refractivity contribution in [2.45, 2.75) is 6.61 Å². The Balaban J connectivity index is 2.13. The number of hydrogen-bond donors (Lipinski definition) is 2. The third-order valence-electron chi connectivity index (χ3n) is 2.32. The normalized spacial score (nSPS) is 10.4. The molecule has 1 amide bonds. The highest BCUT2D eigenvalue weighted by molar-refractivity contribution is 6.34. The summed E-state index contributed by atoms with van der Waals surface area (Å²) >= 11 is 5.95. The van der Waals surface area contributed by atoms with Gasteiger partial charge in [-0.05, 0) is 18.2 Å². The summed E-state index contributed by atoms with van der Waals surface area (Å²) < 4.78 is 9.80. The Labute approximate surface area is 114 Å². The van der Waals surface area contributed by atoms with Gasteiger partial charge in [-0.15, -0.1) is 0 Å². The molecule has 1 heterocycles. The maximum absolute atomic E-state index is 11.9. The molecule has 0 aliphatic carbocycles. The number of aromatic nitrogens is 1. The summed E-state index contributed by atoms with van der Waals surface area (Å²) in [5.41, 5.74) is 6.69. The van der Waals surface area contributed by atoms with E-state index in [1.54, 1.807) is 18.2 Å². The van der Waals surface area contributed by atoms with E-state index in [1.165, 1.54) is 13.2 Å². The number of benzene rings is 1. The van der Waals surface area contributed by atoms with Crippen molar-refractivity contribution in [3.63, 3.8) is 0 Å². The Kier molecular flexibility index (Phi) is 4.03. The van der Waals surface area contributed by atoms with Gasteiger partial charge in [0, 0.05) is 18.9 Å². The van der Waals surface area contributed by atoms with E-state index in [0.29, 0.717) is 22.2 Å². The molecule has 19 heavy (non-hydrogen) atoms. The Morgan fingerprint density at radius 2 is 2.32 bits per heavy atom. The van der Waals surface area contributed by atoms with E-state index in [1.807, 2.05) is 0 Å². The minimum absolute atomic E-state index is 0.144. The van der Waals surface area contributed by atoms with Gasteiger partial charge in [0.1, 0.15) is 6.61 Å². The zero-order valence-corrected chi connectivity index (χ0v) is 10.9. The van der Waals surface area contributed by atoms with E-state index in [4.69, 9.17) is 26.6 Å². The van der Waals surface area contributed by atoms with Crippen LogP contribution in [0.25, 0.3) is 0 Å². The molecule has 0 aliphatic rings. The quantitative estimate of drug-likeness (QED) is 0.839. The summed E-state index contributed by atoms with van der Waals surface area (Å²) in [7, 11) is 1.52. The van der Waals surface area contributed by atoms with Crippen LogP contribution in [0.15, 0.2) is 28.8 Å². The molecule has 2 aromatic rings. The number of rotatable bonds is 4. The molecule has 0 radical (unpaired) electrons. The molecule has 0 spiro atoms. The topological polar surface area (TPSA) is 90.4 Å². The minimum atomic E-state index is -0.432. The first-order valence-corrected chi connectivity index (χ1v) is 5.79. The largest absolute Gasteiger partial charge is 0.399 e. The van der Waals surface area contributed by atoms with Crippen molar-refractivity contribution < 1.29 is 14.1 Å². The van der Waals surface area contributed by atoms with Crippen LogP contribution < -0.4 is 11.1 Å². The number of carbonyl (C=O) groups is 1.